The summed E-state index contributed by atoms with van der Waals surface area (Å²) in [4.78, 5) is 8.67. The molecule has 7 nitrogen and oxygen atoms in total. The summed E-state index contributed by atoms with van der Waals surface area (Å²) < 4.78 is 29.4. The van der Waals surface area contributed by atoms with Gasteiger partial charge in [0.2, 0.25) is 0 Å². The summed E-state index contributed by atoms with van der Waals surface area (Å²) in [5, 5.41) is 4.52. The monoisotopic (exact) mass is 433 g/mol. The van der Waals surface area contributed by atoms with Gasteiger partial charge in [-0.05, 0) is 36.4 Å². The van der Waals surface area contributed by atoms with Gasteiger partial charge in [0.05, 0.1) is 22.3 Å². The van der Waals surface area contributed by atoms with Gasteiger partial charge in [-0.15, -0.1) is 0 Å². The van der Waals surface area contributed by atoms with Crippen LogP contribution in [0.3, 0.4) is 0 Å². The zero-order chi connectivity index (χ0) is 19.9. The fourth-order valence-corrected chi connectivity index (χ4v) is 4.45. The fraction of sp³-hybridized carbons (Fsp3) is 0.0556. The van der Waals surface area contributed by atoms with Gasteiger partial charge in [0.15, 0.2) is 0 Å². The van der Waals surface area contributed by atoms with Crippen molar-refractivity contribution in [3.05, 3.63) is 65.0 Å². The van der Waals surface area contributed by atoms with E-state index >= 15 is 0 Å². The van der Waals surface area contributed by atoms with Gasteiger partial charge < -0.3 is 0 Å². The van der Waals surface area contributed by atoms with Crippen LogP contribution < -0.4 is 4.72 Å². The van der Waals surface area contributed by atoms with Crippen LogP contribution in [0.4, 0.5) is 5.82 Å². The molecule has 0 bridgehead atoms. The maximum atomic E-state index is 12.7. The number of rotatable bonds is 4. The molecule has 0 saturated heterocycles. The first kappa shape index (κ1) is 18.7. The Morgan fingerprint density at radius 1 is 1.00 bits per heavy atom. The van der Waals surface area contributed by atoms with Crippen molar-refractivity contribution in [1.29, 1.82) is 0 Å². The van der Waals surface area contributed by atoms with Gasteiger partial charge in [-0.2, -0.15) is 5.10 Å². The van der Waals surface area contributed by atoms with Crippen LogP contribution in [0.15, 0.2) is 59.9 Å². The Morgan fingerprint density at radius 2 is 1.82 bits per heavy atom. The molecule has 0 saturated carbocycles. The van der Waals surface area contributed by atoms with Gasteiger partial charge in [0.1, 0.15) is 10.7 Å². The third-order valence-corrected chi connectivity index (χ3v) is 6.07. The number of nitrogens with zero attached hydrogens (tertiary/aromatic N) is 4. The lowest BCUT2D eigenvalue weighted by Crippen LogP contribution is -2.14. The SMILES string of the molecule is Cn1cc(-c2cnc3ccc(NS(=O)(=O)c4ccc(Cl)cc4Cl)nc3c2)cn1. The van der Waals surface area contributed by atoms with Crippen LogP contribution in [0.5, 0.6) is 0 Å². The molecule has 0 aliphatic heterocycles. The average molecular weight is 434 g/mol. The number of benzene rings is 1. The van der Waals surface area contributed by atoms with Gasteiger partial charge in [0, 0.05) is 35.6 Å². The highest BCUT2D eigenvalue weighted by Gasteiger charge is 2.19. The van der Waals surface area contributed by atoms with Crippen LogP contribution in [0, 0.1) is 0 Å². The lowest BCUT2D eigenvalue weighted by Gasteiger charge is -2.10. The summed E-state index contributed by atoms with van der Waals surface area (Å²) in [6, 6.07) is 9.23. The van der Waals surface area contributed by atoms with E-state index in [1.165, 1.54) is 18.2 Å². The quantitative estimate of drug-likeness (QED) is 0.522. The van der Waals surface area contributed by atoms with E-state index in [0.29, 0.717) is 16.1 Å². The summed E-state index contributed by atoms with van der Waals surface area (Å²) in [6.45, 7) is 0. The minimum Gasteiger partial charge on any atom is -0.275 e. The van der Waals surface area contributed by atoms with E-state index in [2.05, 4.69) is 19.8 Å². The predicted molar refractivity (Wildman–Crippen MR) is 109 cm³/mol. The van der Waals surface area contributed by atoms with Crippen LogP contribution in [-0.2, 0) is 17.1 Å². The van der Waals surface area contributed by atoms with Gasteiger partial charge >= 0.3 is 0 Å². The van der Waals surface area contributed by atoms with Gasteiger partial charge in [0.25, 0.3) is 10.0 Å². The van der Waals surface area contributed by atoms with Crippen molar-refractivity contribution in [2.45, 2.75) is 4.90 Å². The lowest BCUT2D eigenvalue weighted by atomic mass is 10.1. The maximum absolute atomic E-state index is 12.7. The Balaban J connectivity index is 1.70. The number of sulfonamides is 1. The molecule has 1 aromatic carbocycles. The van der Waals surface area contributed by atoms with Crippen LogP contribution in [0.25, 0.3) is 22.2 Å². The lowest BCUT2D eigenvalue weighted by molar-refractivity contribution is 0.601. The number of aromatic nitrogens is 4. The second-order valence-corrected chi connectivity index (χ2v) is 8.54. The number of hydrogen-bond donors (Lipinski definition) is 1. The second-order valence-electron chi connectivity index (χ2n) is 6.04. The summed E-state index contributed by atoms with van der Waals surface area (Å²) in [7, 11) is -2.10. The van der Waals surface area contributed by atoms with E-state index in [1.807, 2.05) is 19.3 Å². The highest BCUT2D eigenvalue weighted by molar-refractivity contribution is 7.92. The van der Waals surface area contributed by atoms with Crippen molar-refractivity contribution in [3.8, 4) is 11.1 Å². The van der Waals surface area contributed by atoms with E-state index < -0.39 is 10.0 Å². The Labute approximate surface area is 171 Å². The fourth-order valence-electron chi connectivity index (χ4n) is 2.68. The molecule has 0 aliphatic rings. The maximum Gasteiger partial charge on any atom is 0.264 e. The number of aryl methyl sites for hydroxylation is 1. The van der Waals surface area contributed by atoms with Gasteiger partial charge in [-0.1, -0.05) is 23.2 Å². The topological polar surface area (TPSA) is 89.8 Å². The van der Waals surface area contributed by atoms with Gasteiger partial charge in [-0.25, -0.2) is 13.4 Å². The van der Waals surface area contributed by atoms with Crippen LogP contribution in [0.2, 0.25) is 10.0 Å². The minimum absolute atomic E-state index is 0.0290. The molecular weight excluding hydrogens is 421 g/mol. The highest BCUT2D eigenvalue weighted by atomic mass is 35.5. The predicted octanol–water partition coefficient (Wildman–Crippen LogP) is 4.14. The Morgan fingerprint density at radius 3 is 2.54 bits per heavy atom. The first-order valence-electron chi connectivity index (χ1n) is 8.05. The van der Waals surface area contributed by atoms with Crippen molar-refractivity contribution in [2.75, 3.05) is 4.72 Å². The second kappa shape index (κ2) is 7.05. The molecule has 0 fully saturated rings. The zero-order valence-electron chi connectivity index (χ0n) is 14.5. The summed E-state index contributed by atoms with van der Waals surface area (Å²) in [5.74, 6) is 0.156. The van der Waals surface area contributed by atoms with Crippen LogP contribution in [0.1, 0.15) is 0 Å². The van der Waals surface area contributed by atoms with Gasteiger partial charge in [-0.3, -0.25) is 14.4 Å². The van der Waals surface area contributed by atoms with Crippen LogP contribution >= 0.6 is 23.2 Å². The van der Waals surface area contributed by atoms with Crippen LogP contribution in [-0.4, -0.2) is 28.2 Å². The average Bonchev–Trinajstić information content (AvgIpc) is 3.07. The number of nitrogens with one attached hydrogen (secondary N) is 1. The molecule has 3 heterocycles. The largest absolute Gasteiger partial charge is 0.275 e. The molecule has 0 spiro atoms. The van der Waals surface area contributed by atoms with Crippen molar-refractivity contribution in [1.82, 2.24) is 19.7 Å². The molecular formula is C18H13Cl2N5O2S. The highest BCUT2D eigenvalue weighted by Crippen LogP contribution is 2.27. The number of pyridine rings is 2. The normalized spacial score (nSPS) is 11.7. The molecule has 142 valence electrons. The molecule has 1 N–H and O–H groups in total. The standard InChI is InChI=1S/C18H13Cl2N5O2S/c1-25-10-12(9-22-25)11-6-16-15(21-8-11)3-5-18(23-16)24-28(26,27)17-4-2-13(19)7-14(17)20/h2-10H,1H3,(H,23,24). The molecule has 4 rings (SSSR count). The Bertz CT molecular complexity index is 1300. The van der Waals surface area contributed by atoms with E-state index in [4.69, 9.17) is 23.2 Å². The molecule has 0 atom stereocenters. The summed E-state index contributed by atoms with van der Waals surface area (Å²) in [6.07, 6.45) is 5.30. The first-order chi connectivity index (χ1) is 13.3. The summed E-state index contributed by atoms with van der Waals surface area (Å²) in [5.41, 5.74) is 2.90. The van der Waals surface area contributed by atoms with Crippen molar-refractivity contribution >= 4 is 50.1 Å². The molecule has 10 heteroatoms. The molecule has 0 aliphatic carbocycles. The Kier molecular flexibility index (Phi) is 4.70. The van der Waals surface area contributed by atoms with Crippen molar-refractivity contribution < 1.29 is 8.42 Å². The molecule has 3 aromatic heterocycles. The van der Waals surface area contributed by atoms with E-state index in [-0.39, 0.29) is 15.7 Å². The smallest absolute Gasteiger partial charge is 0.264 e. The number of fused-ring (bicyclic) bond motifs is 1. The van der Waals surface area contributed by atoms with Crippen molar-refractivity contribution in [3.63, 3.8) is 0 Å². The third kappa shape index (κ3) is 3.66. The number of halogens is 2. The number of hydrogen-bond acceptors (Lipinski definition) is 5. The minimum atomic E-state index is -3.93. The first-order valence-corrected chi connectivity index (χ1v) is 10.3. The summed E-state index contributed by atoms with van der Waals surface area (Å²) >= 11 is 11.9. The third-order valence-electron chi connectivity index (χ3n) is 4.00. The van der Waals surface area contributed by atoms with E-state index in [9.17, 15) is 8.42 Å². The molecule has 0 unspecified atom stereocenters. The van der Waals surface area contributed by atoms with E-state index in [1.54, 1.807) is 29.2 Å². The molecule has 28 heavy (non-hydrogen) atoms. The molecule has 0 radical (unpaired) electrons. The Hall–Kier alpha value is -2.68. The van der Waals surface area contributed by atoms with E-state index in [0.717, 1.165) is 11.1 Å². The number of anilines is 1. The van der Waals surface area contributed by atoms with Crippen molar-refractivity contribution in [2.24, 2.45) is 7.05 Å². The zero-order valence-corrected chi connectivity index (χ0v) is 16.8. The molecule has 4 aromatic rings. The molecule has 0 amide bonds.